The summed E-state index contributed by atoms with van der Waals surface area (Å²) < 4.78 is 16.5. The fraction of sp³-hybridized carbons (Fsp3) is 0.636. The van der Waals surface area contributed by atoms with Crippen LogP contribution >= 0.6 is 0 Å². The van der Waals surface area contributed by atoms with Gasteiger partial charge in [-0.3, -0.25) is 10.1 Å². The highest BCUT2D eigenvalue weighted by Crippen LogP contribution is 2.21. The van der Waals surface area contributed by atoms with Gasteiger partial charge < -0.3 is 24.4 Å². The molecule has 3 atom stereocenters. The molecule has 0 aliphatic carbocycles. The lowest BCUT2D eigenvalue weighted by Crippen LogP contribution is -2.48. The van der Waals surface area contributed by atoms with E-state index in [0.717, 1.165) is 19.4 Å². The second-order valence-electron chi connectivity index (χ2n) is 9.57. The number of nitro benzene ring substituents is 1. The van der Waals surface area contributed by atoms with Gasteiger partial charge in [-0.2, -0.15) is 0 Å². The lowest BCUT2D eigenvalue weighted by molar-refractivity contribution is -0.384. The van der Waals surface area contributed by atoms with Crippen molar-refractivity contribution in [1.82, 2.24) is 10.2 Å². The number of hydrogen-bond donors (Lipinski definition) is 1. The molecule has 0 aromatic heterocycles. The summed E-state index contributed by atoms with van der Waals surface area (Å²) in [6, 6.07) is 4.89. The van der Waals surface area contributed by atoms with E-state index in [1.165, 1.54) is 29.2 Å². The normalized spacial score (nSPS) is 18.0. The highest BCUT2D eigenvalue weighted by molar-refractivity contribution is 6.77. The Labute approximate surface area is 195 Å². The van der Waals surface area contributed by atoms with Crippen LogP contribution in [0.25, 0.3) is 0 Å². The molecule has 0 radical (unpaired) electrons. The third kappa shape index (κ3) is 9.01. The van der Waals surface area contributed by atoms with Crippen molar-refractivity contribution < 1.29 is 28.7 Å². The number of carbonyl (C=O) groups is 2. The number of carbonyl (C=O) groups excluding carboxylic acids is 2. The zero-order valence-electron chi connectivity index (χ0n) is 20.0. The van der Waals surface area contributed by atoms with Gasteiger partial charge in [-0.15, -0.1) is 0 Å². The highest BCUT2D eigenvalue weighted by atomic mass is 28.3. The molecule has 1 aliphatic heterocycles. The summed E-state index contributed by atoms with van der Waals surface area (Å²) in [7, 11) is 0.00270. The first-order chi connectivity index (χ1) is 15.5. The topological polar surface area (TPSA) is 120 Å². The molecule has 1 unspecified atom stereocenters. The maximum absolute atomic E-state index is 12.6. The lowest BCUT2D eigenvalue weighted by atomic mass is 9.94. The number of ether oxygens (including phenoxy) is 3. The summed E-state index contributed by atoms with van der Waals surface area (Å²) in [5.41, 5.74) is -0.233. The SMILES string of the molecule is C[C@@H](OC(=O)N(C)CC(C[C@H]1CCCOC1)NC(=O)Oc1ccc([N+](=O)[O-])cc1)[Si](C)(C)C. The molecule has 1 heterocycles. The average Bonchev–Trinajstić information content (AvgIpc) is 2.73. The van der Waals surface area contributed by atoms with Crippen LogP contribution in [0.2, 0.25) is 19.6 Å². The van der Waals surface area contributed by atoms with Crippen molar-refractivity contribution in [3.63, 3.8) is 0 Å². The van der Waals surface area contributed by atoms with Crippen LogP contribution in [0.4, 0.5) is 15.3 Å². The van der Waals surface area contributed by atoms with Gasteiger partial charge in [0.25, 0.3) is 5.69 Å². The van der Waals surface area contributed by atoms with Crippen molar-refractivity contribution >= 4 is 25.9 Å². The zero-order chi connectivity index (χ0) is 24.6. The van der Waals surface area contributed by atoms with Crippen molar-refractivity contribution in [2.45, 2.75) is 57.6 Å². The van der Waals surface area contributed by atoms with Gasteiger partial charge in [0.1, 0.15) is 5.75 Å². The molecule has 1 aliphatic rings. The molecule has 1 saturated heterocycles. The molecule has 0 saturated carbocycles. The van der Waals surface area contributed by atoms with E-state index < -0.39 is 25.2 Å². The molecule has 1 aromatic rings. The van der Waals surface area contributed by atoms with Gasteiger partial charge in [0.2, 0.25) is 0 Å². The minimum Gasteiger partial charge on any atom is -0.450 e. The Morgan fingerprint density at radius 3 is 2.52 bits per heavy atom. The smallest absolute Gasteiger partial charge is 0.412 e. The molecule has 10 nitrogen and oxygen atoms in total. The maximum Gasteiger partial charge on any atom is 0.412 e. The monoisotopic (exact) mass is 481 g/mol. The van der Waals surface area contributed by atoms with Crippen LogP contribution in [0.1, 0.15) is 26.2 Å². The van der Waals surface area contributed by atoms with E-state index in [0.29, 0.717) is 13.0 Å². The molecule has 0 spiro atoms. The van der Waals surface area contributed by atoms with Gasteiger partial charge >= 0.3 is 12.2 Å². The fourth-order valence-electron chi connectivity index (χ4n) is 3.34. The van der Waals surface area contributed by atoms with Crippen molar-refractivity contribution in [1.29, 1.82) is 0 Å². The second kappa shape index (κ2) is 12.0. The number of hydrogen-bond acceptors (Lipinski definition) is 7. The Morgan fingerprint density at radius 2 is 1.97 bits per heavy atom. The van der Waals surface area contributed by atoms with Gasteiger partial charge in [0.05, 0.1) is 24.8 Å². The van der Waals surface area contributed by atoms with Gasteiger partial charge in [-0.1, -0.05) is 19.6 Å². The molecule has 0 bridgehead atoms. The molecule has 1 aromatic carbocycles. The first-order valence-corrected chi connectivity index (χ1v) is 14.8. The van der Waals surface area contributed by atoms with Crippen LogP contribution in [0.15, 0.2) is 24.3 Å². The van der Waals surface area contributed by atoms with Crippen LogP contribution in [0.3, 0.4) is 0 Å². The molecule has 1 N–H and O–H groups in total. The standard InChI is InChI=1S/C22H35N3O7Si/c1-16(33(3,4)5)31-22(27)24(2)14-18(13-17-7-6-12-30-15-17)23-21(26)32-20-10-8-19(9-11-20)25(28)29/h8-11,16-18H,6-7,12-15H2,1-5H3,(H,23,26)/t16-,17+,18?/m0/s1. The number of nitro groups is 1. The van der Waals surface area contributed by atoms with Crippen LogP contribution in [-0.4, -0.2) is 68.7 Å². The van der Waals surface area contributed by atoms with Gasteiger partial charge in [0, 0.05) is 38.9 Å². The van der Waals surface area contributed by atoms with Crippen LogP contribution in [0.5, 0.6) is 5.75 Å². The quantitative estimate of drug-likeness (QED) is 0.319. The Balaban J connectivity index is 2.00. The summed E-state index contributed by atoms with van der Waals surface area (Å²) in [5.74, 6) is 0.448. The number of likely N-dealkylation sites (N-methyl/N-ethyl adjacent to an activating group) is 1. The first kappa shape index (κ1) is 26.6. The summed E-state index contributed by atoms with van der Waals surface area (Å²) in [6.45, 7) is 9.90. The Kier molecular flexibility index (Phi) is 9.66. The second-order valence-corrected chi connectivity index (χ2v) is 15.1. The largest absolute Gasteiger partial charge is 0.450 e. The van der Waals surface area contributed by atoms with Crippen molar-refractivity contribution in [3.05, 3.63) is 34.4 Å². The van der Waals surface area contributed by atoms with Crippen molar-refractivity contribution in [3.8, 4) is 5.75 Å². The number of nitrogens with one attached hydrogen (secondary N) is 1. The summed E-state index contributed by atoms with van der Waals surface area (Å²) in [6.07, 6.45) is 1.44. The maximum atomic E-state index is 12.6. The van der Waals surface area contributed by atoms with E-state index in [4.69, 9.17) is 14.2 Å². The van der Waals surface area contributed by atoms with E-state index in [1.54, 1.807) is 7.05 Å². The van der Waals surface area contributed by atoms with E-state index in [9.17, 15) is 19.7 Å². The van der Waals surface area contributed by atoms with Gasteiger partial charge in [-0.05, 0) is 44.2 Å². The molecule has 184 valence electrons. The summed E-state index contributed by atoms with van der Waals surface area (Å²) >= 11 is 0. The molecule has 11 heteroatoms. The molecule has 1 fully saturated rings. The van der Waals surface area contributed by atoms with Crippen LogP contribution in [-0.2, 0) is 9.47 Å². The number of nitrogens with zero attached hydrogens (tertiary/aromatic N) is 2. The summed E-state index contributed by atoms with van der Waals surface area (Å²) in [4.78, 5) is 36.8. The number of non-ortho nitro benzene ring substituents is 1. The fourth-order valence-corrected chi connectivity index (χ4v) is 3.79. The molecule has 2 amide bonds. The zero-order valence-corrected chi connectivity index (χ0v) is 21.0. The molecule has 2 rings (SSSR count). The third-order valence-corrected chi connectivity index (χ3v) is 8.31. The highest BCUT2D eigenvalue weighted by Gasteiger charge is 2.29. The molecular formula is C22H35N3O7Si. The number of amides is 2. The minimum atomic E-state index is -1.64. The lowest BCUT2D eigenvalue weighted by Gasteiger charge is -2.31. The molecular weight excluding hydrogens is 446 g/mol. The minimum absolute atomic E-state index is 0.0920. The number of benzene rings is 1. The van der Waals surface area contributed by atoms with Crippen LogP contribution < -0.4 is 10.1 Å². The van der Waals surface area contributed by atoms with E-state index in [2.05, 4.69) is 25.0 Å². The van der Waals surface area contributed by atoms with Gasteiger partial charge in [-0.25, -0.2) is 9.59 Å². The van der Waals surface area contributed by atoms with Crippen LogP contribution in [0, 0.1) is 16.0 Å². The number of rotatable bonds is 9. The van der Waals surface area contributed by atoms with E-state index >= 15 is 0 Å². The Hall–Kier alpha value is -2.66. The summed E-state index contributed by atoms with van der Waals surface area (Å²) in [5, 5.41) is 13.6. The van der Waals surface area contributed by atoms with E-state index in [-0.39, 0.29) is 35.7 Å². The molecule has 33 heavy (non-hydrogen) atoms. The Morgan fingerprint density at radius 1 is 1.30 bits per heavy atom. The first-order valence-electron chi connectivity index (χ1n) is 11.2. The van der Waals surface area contributed by atoms with Crippen molar-refractivity contribution in [2.24, 2.45) is 5.92 Å². The van der Waals surface area contributed by atoms with Gasteiger partial charge in [0.15, 0.2) is 0 Å². The van der Waals surface area contributed by atoms with Crippen molar-refractivity contribution in [2.75, 3.05) is 26.8 Å². The predicted octanol–water partition coefficient (Wildman–Crippen LogP) is 4.20. The Bertz CT molecular complexity index is 807. The third-order valence-electron chi connectivity index (χ3n) is 5.76. The average molecular weight is 482 g/mol. The van der Waals surface area contributed by atoms with E-state index in [1.807, 2.05) is 6.92 Å². The predicted molar refractivity (Wildman–Crippen MR) is 126 cm³/mol.